The summed E-state index contributed by atoms with van der Waals surface area (Å²) in [6.45, 7) is 0.296. The molecule has 1 aromatic carbocycles. The minimum atomic E-state index is -3.52. The molecule has 130 valence electrons. The van der Waals surface area contributed by atoms with Crippen molar-refractivity contribution in [3.8, 4) is 0 Å². The lowest BCUT2D eigenvalue weighted by Crippen LogP contribution is -2.25. The molecule has 0 aliphatic heterocycles. The van der Waals surface area contributed by atoms with Crippen molar-refractivity contribution >= 4 is 15.7 Å². The number of nitrogens with zero attached hydrogens (tertiary/aromatic N) is 1. The molecule has 3 rings (SSSR count). The molecule has 0 fully saturated rings. The molecule has 0 bridgehead atoms. The zero-order valence-corrected chi connectivity index (χ0v) is 14.4. The molecule has 0 aliphatic rings. The van der Waals surface area contributed by atoms with Gasteiger partial charge >= 0.3 is 0 Å². The van der Waals surface area contributed by atoms with Gasteiger partial charge in [-0.2, -0.15) is 0 Å². The van der Waals surface area contributed by atoms with Crippen LogP contribution in [0.1, 0.15) is 22.1 Å². The molecular weight excluding hydrogens is 342 g/mol. The highest BCUT2D eigenvalue weighted by Gasteiger charge is 2.21. The summed E-state index contributed by atoms with van der Waals surface area (Å²) in [4.78, 5) is 14.0. The number of carbonyl (C=O) groups excluding carboxylic acids is 1. The third-order valence-electron chi connectivity index (χ3n) is 3.63. The van der Waals surface area contributed by atoms with Gasteiger partial charge in [-0.05, 0) is 36.4 Å². The van der Waals surface area contributed by atoms with E-state index in [1.807, 2.05) is 0 Å². The Morgan fingerprint density at radius 1 is 1.00 bits per heavy atom. The Morgan fingerprint density at radius 2 is 1.76 bits per heavy atom. The van der Waals surface area contributed by atoms with E-state index in [1.165, 1.54) is 35.4 Å². The Balaban J connectivity index is 1.71. The summed E-state index contributed by atoms with van der Waals surface area (Å²) in [5, 5.41) is 0. The topological polar surface area (TPSA) is 80.7 Å². The van der Waals surface area contributed by atoms with Crippen molar-refractivity contribution in [2.45, 2.75) is 17.2 Å². The number of carbonyl (C=O) groups is 1. The maximum Gasteiger partial charge on any atom is 0.289 e. The minimum absolute atomic E-state index is 0.0901. The zero-order valence-electron chi connectivity index (χ0n) is 13.6. The Labute approximate surface area is 145 Å². The summed E-state index contributed by atoms with van der Waals surface area (Å²) >= 11 is 0. The Morgan fingerprint density at radius 3 is 2.44 bits per heavy atom. The van der Waals surface area contributed by atoms with Crippen molar-refractivity contribution in [2.24, 2.45) is 0 Å². The van der Waals surface area contributed by atoms with Crippen LogP contribution in [0.3, 0.4) is 0 Å². The molecule has 7 heteroatoms. The van der Waals surface area contributed by atoms with Crippen molar-refractivity contribution in [3.05, 3.63) is 78.1 Å². The maximum absolute atomic E-state index is 12.4. The van der Waals surface area contributed by atoms with E-state index in [2.05, 4.69) is 0 Å². The normalized spacial score (nSPS) is 11.4. The number of rotatable bonds is 6. The average molecular weight is 359 g/mol. The van der Waals surface area contributed by atoms with Crippen molar-refractivity contribution in [1.82, 2.24) is 4.90 Å². The van der Waals surface area contributed by atoms with Crippen LogP contribution in [0, 0.1) is 0 Å². The van der Waals surface area contributed by atoms with Gasteiger partial charge in [-0.15, -0.1) is 0 Å². The van der Waals surface area contributed by atoms with Gasteiger partial charge in [0.2, 0.25) is 0 Å². The molecule has 3 aromatic rings. The molecule has 25 heavy (non-hydrogen) atoms. The van der Waals surface area contributed by atoms with E-state index in [9.17, 15) is 13.2 Å². The third kappa shape index (κ3) is 4.00. The van der Waals surface area contributed by atoms with E-state index >= 15 is 0 Å². The highest BCUT2D eigenvalue weighted by Crippen LogP contribution is 2.19. The molecule has 0 atom stereocenters. The van der Waals surface area contributed by atoms with Crippen LogP contribution in [-0.2, 0) is 22.1 Å². The predicted octanol–water partition coefficient (Wildman–Crippen LogP) is 3.12. The molecule has 2 heterocycles. The fraction of sp³-hybridized carbons (Fsp3) is 0.167. The van der Waals surface area contributed by atoms with Crippen LogP contribution in [0.2, 0.25) is 0 Å². The lowest BCUT2D eigenvalue weighted by molar-refractivity contribution is 0.0742. The molecule has 0 aliphatic carbocycles. The maximum atomic E-state index is 12.4. The molecule has 0 unspecified atom stereocenters. The highest BCUT2D eigenvalue weighted by molar-refractivity contribution is 7.90. The van der Waals surface area contributed by atoms with Crippen LogP contribution >= 0.6 is 0 Å². The second-order valence-corrected chi connectivity index (χ2v) is 7.57. The van der Waals surface area contributed by atoms with Gasteiger partial charge < -0.3 is 13.7 Å². The standard InChI is InChI=1S/C18H17NO5S/c1-19(12-14-6-5-11-23-14)18(20)17-10-9-15(24-17)13-25(21,22)16-7-3-2-4-8-16/h2-11H,12-13H2,1H3. The average Bonchev–Trinajstić information content (AvgIpc) is 3.26. The van der Waals surface area contributed by atoms with E-state index in [4.69, 9.17) is 8.83 Å². The van der Waals surface area contributed by atoms with Gasteiger partial charge in [-0.1, -0.05) is 18.2 Å². The van der Waals surface area contributed by atoms with Crippen LogP contribution in [0.5, 0.6) is 0 Å². The monoisotopic (exact) mass is 359 g/mol. The first-order valence-corrected chi connectivity index (χ1v) is 9.25. The van der Waals surface area contributed by atoms with E-state index in [0.29, 0.717) is 12.3 Å². The number of hydrogen-bond donors (Lipinski definition) is 0. The van der Waals surface area contributed by atoms with Gasteiger partial charge in [0.05, 0.1) is 17.7 Å². The quantitative estimate of drug-likeness (QED) is 0.675. The van der Waals surface area contributed by atoms with Gasteiger partial charge in [0, 0.05) is 7.05 Å². The highest BCUT2D eigenvalue weighted by atomic mass is 32.2. The number of furan rings is 2. The molecule has 0 saturated heterocycles. The van der Waals surface area contributed by atoms with Gasteiger partial charge in [0.25, 0.3) is 5.91 Å². The molecule has 1 amide bonds. The fourth-order valence-corrected chi connectivity index (χ4v) is 3.63. The molecule has 2 aromatic heterocycles. The van der Waals surface area contributed by atoms with Crippen molar-refractivity contribution in [1.29, 1.82) is 0 Å². The first-order valence-electron chi connectivity index (χ1n) is 7.60. The van der Waals surface area contributed by atoms with Crippen LogP contribution in [0.25, 0.3) is 0 Å². The number of sulfone groups is 1. The second kappa shape index (κ2) is 6.98. The Kier molecular flexibility index (Phi) is 4.76. The summed E-state index contributed by atoms with van der Waals surface area (Å²) in [7, 11) is -1.90. The van der Waals surface area contributed by atoms with E-state index < -0.39 is 9.84 Å². The summed E-state index contributed by atoms with van der Waals surface area (Å²) in [6.07, 6.45) is 1.53. The number of hydrogen-bond acceptors (Lipinski definition) is 5. The van der Waals surface area contributed by atoms with Crippen molar-refractivity contribution < 1.29 is 22.0 Å². The largest absolute Gasteiger partial charge is 0.467 e. The summed E-state index contributed by atoms with van der Waals surface area (Å²) in [5.74, 6) is 0.312. The summed E-state index contributed by atoms with van der Waals surface area (Å²) in [5.41, 5.74) is 0. The Hall–Kier alpha value is -2.80. The van der Waals surface area contributed by atoms with Crippen LogP contribution in [-0.4, -0.2) is 26.3 Å². The van der Waals surface area contributed by atoms with Gasteiger partial charge in [-0.3, -0.25) is 4.79 Å². The van der Waals surface area contributed by atoms with Gasteiger partial charge in [-0.25, -0.2) is 8.42 Å². The molecular formula is C18H17NO5S. The van der Waals surface area contributed by atoms with Crippen molar-refractivity contribution in [2.75, 3.05) is 7.05 Å². The van der Waals surface area contributed by atoms with Crippen LogP contribution < -0.4 is 0 Å². The molecule has 0 radical (unpaired) electrons. The summed E-state index contributed by atoms with van der Waals surface area (Å²) < 4.78 is 35.4. The second-order valence-electron chi connectivity index (χ2n) is 5.58. The molecule has 0 saturated carbocycles. The van der Waals surface area contributed by atoms with E-state index in [1.54, 1.807) is 37.4 Å². The van der Waals surface area contributed by atoms with Gasteiger partial charge in [0.15, 0.2) is 15.6 Å². The fourth-order valence-electron chi connectivity index (χ4n) is 2.37. The zero-order chi connectivity index (χ0) is 17.9. The number of amides is 1. The predicted molar refractivity (Wildman–Crippen MR) is 90.5 cm³/mol. The first-order chi connectivity index (χ1) is 12.0. The Bertz CT molecular complexity index is 943. The minimum Gasteiger partial charge on any atom is -0.467 e. The number of benzene rings is 1. The molecule has 6 nitrogen and oxygen atoms in total. The molecule has 0 N–H and O–H groups in total. The summed E-state index contributed by atoms with van der Waals surface area (Å²) in [6, 6.07) is 14.6. The smallest absolute Gasteiger partial charge is 0.289 e. The third-order valence-corrected chi connectivity index (χ3v) is 5.28. The van der Waals surface area contributed by atoms with Crippen LogP contribution in [0.4, 0.5) is 0 Å². The lowest BCUT2D eigenvalue weighted by atomic mass is 10.3. The van der Waals surface area contributed by atoms with E-state index in [-0.39, 0.29) is 28.1 Å². The van der Waals surface area contributed by atoms with Crippen LogP contribution in [0.15, 0.2) is 74.6 Å². The lowest BCUT2D eigenvalue weighted by Gasteiger charge is -2.13. The van der Waals surface area contributed by atoms with E-state index in [0.717, 1.165) is 0 Å². The molecule has 0 spiro atoms. The van der Waals surface area contributed by atoms with Gasteiger partial charge in [0.1, 0.15) is 17.3 Å². The van der Waals surface area contributed by atoms with Crippen molar-refractivity contribution in [3.63, 3.8) is 0 Å². The first kappa shape index (κ1) is 17.0. The SMILES string of the molecule is CN(Cc1ccco1)C(=O)c1ccc(CS(=O)(=O)c2ccccc2)o1.